The van der Waals surface area contributed by atoms with Gasteiger partial charge in [-0.2, -0.15) is 26.3 Å². The predicted molar refractivity (Wildman–Crippen MR) is 184 cm³/mol. The molecule has 2 aromatic carbocycles. The maximum atomic E-state index is 13.5. The van der Waals surface area contributed by atoms with E-state index in [2.05, 4.69) is 52.9 Å². The van der Waals surface area contributed by atoms with E-state index < -0.39 is 52.0 Å². The molecule has 2 N–H and O–H groups in total. The van der Waals surface area contributed by atoms with Crippen LogP contribution in [0.25, 0.3) is 5.57 Å². The zero-order valence-corrected chi connectivity index (χ0v) is 31.1. The Balaban J connectivity index is 2.01. The average molecular weight is 714 g/mol. The quantitative estimate of drug-likeness (QED) is 0.169. The van der Waals surface area contributed by atoms with Gasteiger partial charge in [-0.1, -0.05) is 53.2 Å². The fraction of sp³-hybridized carbons (Fsp3) is 0.615. The first-order valence-electron chi connectivity index (χ1n) is 16.9. The van der Waals surface area contributed by atoms with Gasteiger partial charge in [-0.3, -0.25) is 4.79 Å². The van der Waals surface area contributed by atoms with Crippen LogP contribution in [0.1, 0.15) is 122 Å². The number of hydrogen-bond acceptors (Lipinski definition) is 5. The Hall–Kier alpha value is -3.05. The Morgan fingerprint density at radius 1 is 0.900 bits per heavy atom. The highest BCUT2D eigenvalue weighted by Crippen LogP contribution is 2.50. The molecule has 11 heteroatoms. The van der Waals surface area contributed by atoms with E-state index in [1.165, 1.54) is 14.0 Å². The largest absolute Gasteiger partial charge is 0.496 e. The van der Waals surface area contributed by atoms with E-state index in [0.717, 1.165) is 28.7 Å². The van der Waals surface area contributed by atoms with Crippen molar-refractivity contribution in [3.63, 3.8) is 0 Å². The van der Waals surface area contributed by atoms with Gasteiger partial charge < -0.3 is 19.9 Å². The second-order valence-corrected chi connectivity index (χ2v) is 16.4. The lowest BCUT2D eigenvalue weighted by molar-refractivity contribution is -0.158. The summed E-state index contributed by atoms with van der Waals surface area (Å²) < 4.78 is 92.0. The van der Waals surface area contributed by atoms with Crippen molar-refractivity contribution < 1.29 is 45.7 Å². The van der Waals surface area contributed by atoms with E-state index in [-0.39, 0.29) is 29.4 Å². The molecule has 0 bridgehead atoms. The predicted octanol–water partition coefficient (Wildman–Crippen LogP) is 10.3. The minimum atomic E-state index is -5.02. The van der Waals surface area contributed by atoms with Gasteiger partial charge in [0.15, 0.2) is 0 Å². The molecule has 0 radical (unpaired) electrons. The molecule has 1 aliphatic carbocycles. The molecule has 2 aromatic rings. The van der Waals surface area contributed by atoms with Crippen LogP contribution >= 0.6 is 0 Å². The summed E-state index contributed by atoms with van der Waals surface area (Å²) in [6.45, 7) is 18.2. The average Bonchev–Trinajstić information content (AvgIpc) is 3.00. The van der Waals surface area contributed by atoms with Crippen molar-refractivity contribution in [2.24, 2.45) is 16.2 Å². The molecule has 0 saturated carbocycles. The highest BCUT2D eigenvalue weighted by atomic mass is 19.4. The number of carbonyl (C=O) groups is 1. The fourth-order valence-corrected chi connectivity index (χ4v) is 7.07. The molecule has 0 spiro atoms. The number of nitrogens with one attached hydrogen (secondary N) is 1. The van der Waals surface area contributed by atoms with Gasteiger partial charge >= 0.3 is 18.3 Å². The maximum Gasteiger partial charge on any atom is 0.416 e. The monoisotopic (exact) mass is 713 g/mol. The molecule has 0 aliphatic heterocycles. The van der Waals surface area contributed by atoms with Crippen LogP contribution in [0.4, 0.5) is 26.3 Å². The van der Waals surface area contributed by atoms with Gasteiger partial charge in [0.1, 0.15) is 5.75 Å². The number of halogens is 6. The fourth-order valence-electron chi connectivity index (χ4n) is 7.07. The van der Waals surface area contributed by atoms with Gasteiger partial charge in [-0.25, -0.2) is 0 Å². The van der Waals surface area contributed by atoms with Gasteiger partial charge in [0.2, 0.25) is 0 Å². The molecule has 0 unspecified atom stereocenters. The van der Waals surface area contributed by atoms with Crippen LogP contribution in [0.15, 0.2) is 42.0 Å². The number of hydrogen-bond donors (Lipinski definition) is 2. The first kappa shape index (κ1) is 41.4. The second-order valence-electron chi connectivity index (χ2n) is 16.4. The lowest BCUT2D eigenvalue weighted by Gasteiger charge is -2.44. The van der Waals surface area contributed by atoms with Crippen molar-refractivity contribution in [1.29, 1.82) is 0 Å². The highest BCUT2D eigenvalue weighted by Gasteiger charge is 2.47. The molecule has 2 atom stereocenters. The molecule has 280 valence electrons. The maximum absolute atomic E-state index is 13.5. The lowest BCUT2D eigenvalue weighted by atomic mass is 9.60. The number of alkyl halides is 6. The topological polar surface area (TPSA) is 67.8 Å². The number of ether oxygens (including phenoxy) is 2. The van der Waals surface area contributed by atoms with Gasteiger partial charge in [-0.15, -0.1) is 0 Å². The summed E-state index contributed by atoms with van der Waals surface area (Å²) in [5.74, 6) is 0.386. The van der Waals surface area contributed by atoms with Gasteiger partial charge in [0.05, 0.1) is 36.9 Å². The number of aliphatic hydroxyl groups is 1. The molecule has 5 nitrogen and oxygen atoms in total. The minimum absolute atomic E-state index is 0.0549. The molecule has 0 aromatic heterocycles. The third kappa shape index (κ3) is 9.24. The zero-order chi connectivity index (χ0) is 38.3. The van der Waals surface area contributed by atoms with Gasteiger partial charge in [0, 0.05) is 18.2 Å². The first-order valence-corrected chi connectivity index (χ1v) is 16.9. The molecular weight excluding hydrogens is 660 g/mol. The standard InChI is InChI=1S/C39H53F6NO4/c1-23(32(47)24-16-27(38(40,41)42)18-28(17-24)39(43,44)45)46-21-25-20-34(2,3)15-14-29(25)30-19-26(12-13-31(30)49-10)35(4,5)22-36(6,7)37(8,9)33(48)50-11/h12-13,16-19,23,32,46-47H,14-15,20-22H2,1-11H3/t23-,32-/m0/s1. The third-order valence-electron chi connectivity index (χ3n) is 10.8. The lowest BCUT2D eigenvalue weighted by Crippen LogP contribution is -2.43. The number of benzene rings is 2. The van der Waals surface area contributed by atoms with Crippen molar-refractivity contribution in [3.8, 4) is 5.75 Å². The summed E-state index contributed by atoms with van der Waals surface area (Å²) >= 11 is 0. The van der Waals surface area contributed by atoms with E-state index in [0.29, 0.717) is 37.1 Å². The molecule has 50 heavy (non-hydrogen) atoms. The number of methoxy groups -OCH3 is 2. The Kier molecular flexibility index (Phi) is 12.0. The van der Waals surface area contributed by atoms with E-state index >= 15 is 0 Å². The van der Waals surface area contributed by atoms with Crippen LogP contribution in [-0.2, 0) is 27.3 Å². The summed E-state index contributed by atoms with van der Waals surface area (Å²) in [5, 5.41) is 14.2. The molecule has 3 rings (SSSR count). The molecule has 0 amide bonds. The van der Waals surface area contributed by atoms with E-state index in [1.54, 1.807) is 7.11 Å². The van der Waals surface area contributed by atoms with Gasteiger partial charge in [0.25, 0.3) is 0 Å². The highest BCUT2D eigenvalue weighted by molar-refractivity contribution is 5.77. The normalized spacial score (nSPS) is 17.4. The summed E-state index contributed by atoms with van der Waals surface area (Å²) in [4.78, 5) is 12.7. The first-order chi connectivity index (χ1) is 22.7. The Morgan fingerprint density at radius 3 is 1.96 bits per heavy atom. The van der Waals surface area contributed by atoms with Crippen molar-refractivity contribution in [2.45, 2.75) is 118 Å². The second kappa shape index (κ2) is 14.5. The van der Waals surface area contributed by atoms with Crippen LogP contribution < -0.4 is 10.1 Å². The number of allylic oxidation sites excluding steroid dienone is 1. The molecule has 0 saturated heterocycles. The number of aliphatic hydroxyl groups excluding tert-OH is 1. The van der Waals surface area contributed by atoms with Crippen LogP contribution in [0.5, 0.6) is 5.75 Å². The Labute approximate surface area is 292 Å². The summed E-state index contributed by atoms with van der Waals surface area (Å²) in [6.07, 6.45) is -8.75. The number of esters is 1. The zero-order valence-electron chi connectivity index (χ0n) is 31.1. The summed E-state index contributed by atoms with van der Waals surface area (Å²) in [5.41, 5.74) is -1.06. The van der Waals surface area contributed by atoms with Gasteiger partial charge in [-0.05, 0) is 110 Å². The van der Waals surface area contributed by atoms with E-state index in [9.17, 15) is 36.2 Å². The molecule has 0 heterocycles. The molecular formula is C39H53F6NO4. The van der Waals surface area contributed by atoms with Crippen molar-refractivity contribution in [3.05, 3.63) is 69.8 Å². The van der Waals surface area contributed by atoms with Crippen LogP contribution in [0.2, 0.25) is 0 Å². The van der Waals surface area contributed by atoms with E-state index in [1.807, 2.05) is 26.0 Å². The number of rotatable bonds is 12. The smallest absolute Gasteiger partial charge is 0.416 e. The SMILES string of the molecule is COC(=O)C(C)(C)C(C)(C)CC(C)(C)c1ccc(OC)c(C2=C(CN[C@@H](C)[C@H](O)c3cc(C(F)(F)F)cc(C(F)(F)F)c3)CC(C)(C)CC2)c1. The van der Waals surface area contributed by atoms with Crippen molar-refractivity contribution in [1.82, 2.24) is 5.32 Å². The van der Waals surface area contributed by atoms with Crippen LogP contribution in [0.3, 0.4) is 0 Å². The van der Waals surface area contributed by atoms with Crippen LogP contribution in [0, 0.1) is 16.2 Å². The number of carbonyl (C=O) groups excluding carboxylic acids is 1. The van der Waals surface area contributed by atoms with Crippen molar-refractivity contribution in [2.75, 3.05) is 20.8 Å². The van der Waals surface area contributed by atoms with E-state index in [4.69, 9.17) is 9.47 Å². The third-order valence-corrected chi connectivity index (χ3v) is 10.8. The Morgan fingerprint density at radius 2 is 1.46 bits per heavy atom. The molecule has 0 fully saturated rings. The summed E-state index contributed by atoms with van der Waals surface area (Å²) in [7, 11) is 2.99. The molecule has 1 aliphatic rings. The van der Waals surface area contributed by atoms with Crippen LogP contribution in [-0.4, -0.2) is 37.9 Å². The van der Waals surface area contributed by atoms with Crippen molar-refractivity contribution >= 4 is 11.5 Å². The Bertz CT molecular complexity index is 1540. The minimum Gasteiger partial charge on any atom is -0.496 e. The summed E-state index contributed by atoms with van der Waals surface area (Å²) in [6, 6.07) is 6.38.